The lowest BCUT2D eigenvalue weighted by Crippen LogP contribution is -2.26. The summed E-state index contributed by atoms with van der Waals surface area (Å²) < 4.78 is 63.3. The van der Waals surface area contributed by atoms with Gasteiger partial charge in [-0.2, -0.15) is 4.31 Å². The number of benzene rings is 2. The number of nitrogens with zero attached hydrogens (tertiary/aromatic N) is 1. The van der Waals surface area contributed by atoms with Crippen LogP contribution < -0.4 is 15.2 Å². The van der Waals surface area contributed by atoms with Crippen molar-refractivity contribution in [1.82, 2.24) is 4.31 Å². The quantitative estimate of drug-likeness (QED) is 0.435. The molecule has 1 saturated carbocycles. The Balaban J connectivity index is 1.39. The first-order valence-electron chi connectivity index (χ1n) is 11.3. The number of Topliss-reactive ketones (excluding diaryl/α,β-unsaturated/α-hetero) is 1. The fourth-order valence-electron chi connectivity index (χ4n) is 4.37. The average Bonchev–Trinajstić information content (AvgIpc) is 3.43. The van der Waals surface area contributed by atoms with E-state index in [4.69, 9.17) is 5.73 Å². The number of hydrogen-bond donors (Lipinski definition) is 1. The predicted octanol–water partition coefficient (Wildman–Crippen LogP) is 3.83. The zero-order valence-corrected chi connectivity index (χ0v) is 21.2. The van der Waals surface area contributed by atoms with Crippen molar-refractivity contribution in [3.05, 3.63) is 76.2 Å². The number of sulfonamides is 1. The van der Waals surface area contributed by atoms with Crippen LogP contribution in [0.3, 0.4) is 0 Å². The molecule has 1 aromatic heterocycles. The standard InChI is InChI=1S/C25H22F2N2O6S2/c1-29(14-15-5-3-2-4-6-15)37(32,33)22-12-17(23(28)31)20(36-22)13-21(30)24(9-10-24)16-7-8-18-19(11-16)35-25(26,27)34-18/h2-8,11-12H,9-10,13-14H2,1H3,(H2,28,31). The van der Waals surface area contributed by atoms with Gasteiger partial charge in [-0.1, -0.05) is 36.4 Å². The summed E-state index contributed by atoms with van der Waals surface area (Å²) in [6.45, 7) is 0.119. The number of primary amides is 1. The van der Waals surface area contributed by atoms with Crippen molar-refractivity contribution in [1.29, 1.82) is 0 Å². The third-order valence-corrected chi connectivity index (χ3v) is 9.91. The third kappa shape index (κ3) is 4.72. The van der Waals surface area contributed by atoms with Gasteiger partial charge in [0, 0.05) is 24.9 Å². The highest BCUT2D eigenvalue weighted by Gasteiger charge is 2.52. The van der Waals surface area contributed by atoms with Crippen LogP contribution >= 0.6 is 11.3 Å². The summed E-state index contributed by atoms with van der Waals surface area (Å²) in [5.74, 6) is -1.41. The van der Waals surface area contributed by atoms with E-state index in [1.54, 1.807) is 24.3 Å². The molecule has 3 aromatic rings. The minimum absolute atomic E-state index is 0.0360. The highest BCUT2D eigenvalue weighted by Crippen LogP contribution is 2.53. The molecule has 0 radical (unpaired) electrons. The lowest BCUT2D eigenvalue weighted by Gasteiger charge is -2.16. The number of carbonyl (C=O) groups is 2. The van der Waals surface area contributed by atoms with Gasteiger partial charge < -0.3 is 15.2 Å². The highest BCUT2D eigenvalue weighted by atomic mass is 32.2. The van der Waals surface area contributed by atoms with Crippen LogP contribution in [0.25, 0.3) is 0 Å². The molecule has 2 aliphatic rings. The van der Waals surface area contributed by atoms with Crippen molar-refractivity contribution >= 4 is 33.1 Å². The Bertz CT molecular complexity index is 1500. The fraction of sp³-hybridized carbons (Fsp3) is 0.280. The second-order valence-electron chi connectivity index (χ2n) is 9.02. The molecule has 1 fully saturated rings. The molecule has 0 atom stereocenters. The number of nitrogens with two attached hydrogens (primary N) is 1. The Labute approximate surface area is 215 Å². The van der Waals surface area contributed by atoms with Crippen molar-refractivity contribution in [2.24, 2.45) is 5.73 Å². The molecule has 37 heavy (non-hydrogen) atoms. The largest absolute Gasteiger partial charge is 0.586 e. The zero-order chi connectivity index (χ0) is 26.6. The molecule has 0 bridgehead atoms. The second kappa shape index (κ2) is 8.89. The Morgan fingerprint density at radius 1 is 1.05 bits per heavy atom. The van der Waals surface area contributed by atoms with Crippen molar-refractivity contribution in [3.63, 3.8) is 0 Å². The van der Waals surface area contributed by atoms with E-state index in [0.717, 1.165) is 21.2 Å². The number of ketones is 1. The summed E-state index contributed by atoms with van der Waals surface area (Å²) in [5, 5.41) is 0. The Morgan fingerprint density at radius 2 is 1.73 bits per heavy atom. The number of ether oxygens (including phenoxy) is 2. The highest BCUT2D eigenvalue weighted by molar-refractivity contribution is 7.91. The van der Waals surface area contributed by atoms with Crippen LogP contribution in [-0.2, 0) is 33.2 Å². The summed E-state index contributed by atoms with van der Waals surface area (Å²) in [5.41, 5.74) is 5.81. The Hall–Kier alpha value is -3.35. The van der Waals surface area contributed by atoms with Gasteiger partial charge in [-0.3, -0.25) is 9.59 Å². The number of hydrogen-bond acceptors (Lipinski definition) is 7. The van der Waals surface area contributed by atoms with E-state index >= 15 is 0 Å². The predicted molar refractivity (Wildman–Crippen MR) is 130 cm³/mol. The molecular formula is C25H22F2N2O6S2. The summed E-state index contributed by atoms with van der Waals surface area (Å²) in [7, 11) is -2.54. The maximum atomic E-state index is 13.4. The van der Waals surface area contributed by atoms with E-state index < -0.39 is 27.6 Å². The monoisotopic (exact) mass is 548 g/mol. The lowest BCUT2D eigenvalue weighted by molar-refractivity contribution is -0.286. The molecule has 0 unspecified atom stereocenters. The van der Waals surface area contributed by atoms with Gasteiger partial charge in [0.25, 0.3) is 10.0 Å². The SMILES string of the molecule is CN(Cc1ccccc1)S(=O)(=O)c1cc(C(N)=O)c(CC(=O)C2(c3ccc4c(c3)OC(F)(F)O4)CC2)s1. The van der Waals surface area contributed by atoms with Crippen molar-refractivity contribution in [3.8, 4) is 11.5 Å². The van der Waals surface area contributed by atoms with Crippen LogP contribution in [0.5, 0.6) is 11.5 Å². The molecule has 1 aliphatic carbocycles. The molecule has 0 saturated heterocycles. The van der Waals surface area contributed by atoms with E-state index in [0.29, 0.717) is 18.4 Å². The van der Waals surface area contributed by atoms with Crippen LogP contribution in [0.1, 0.15) is 39.2 Å². The fourth-order valence-corrected chi connectivity index (χ4v) is 7.26. The number of alkyl halides is 2. The van der Waals surface area contributed by atoms with Gasteiger partial charge in [0.2, 0.25) is 5.91 Å². The van der Waals surface area contributed by atoms with Crippen LogP contribution in [0.4, 0.5) is 8.78 Å². The molecule has 1 aliphatic heterocycles. The third-order valence-electron chi connectivity index (χ3n) is 6.52. The number of amides is 1. The van der Waals surface area contributed by atoms with Gasteiger partial charge in [0.1, 0.15) is 9.99 Å². The number of fused-ring (bicyclic) bond motifs is 1. The van der Waals surface area contributed by atoms with Crippen LogP contribution in [0.2, 0.25) is 0 Å². The van der Waals surface area contributed by atoms with E-state index in [9.17, 15) is 26.8 Å². The summed E-state index contributed by atoms with van der Waals surface area (Å²) in [4.78, 5) is 25.8. The maximum Gasteiger partial charge on any atom is 0.586 e. The molecule has 12 heteroatoms. The number of rotatable bonds is 9. The summed E-state index contributed by atoms with van der Waals surface area (Å²) >= 11 is 0.826. The first-order chi connectivity index (χ1) is 17.4. The van der Waals surface area contributed by atoms with E-state index in [1.807, 2.05) is 6.07 Å². The lowest BCUT2D eigenvalue weighted by atomic mass is 9.88. The van der Waals surface area contributed by atoms with Gasteiger partial charge in [0.05, 0.1) is 11.0 Å². The number of thiophene rings is 1. The summed E-state index contributed by atoms with van der Waals surface area (Å²) in [6.07, 6.45) is -3.05. The van der Waals surface area contributed by atoms with Gasteiger partial charge in [-0.25, -0.2) is 8.42 Å². The summed E-state index contributed by atoms with van der Waals surface area (Å²) in [6, 6.07) is 14.4. The van der Waals surface area contributed by atoms with E-state index in [-0.39, 0.29) is 44.9 Å². The normalized spacial score (nSPS) is 17.1. The molecule has 2 N–H and O–H groups in total. The van der Waals surface area contributed by atoms with Gasteiger partial charge in [-0.05, 0) is 42.2 Å². The molecule has 5 rings (SSSR count). The Kier molecular flexibility index (Phi) is 6.08. The first kappa shape index (κ1) is 25.3. The minimum Gasteiger partial charge on any atom is -0.395 e. The molecule has 2 aromatic carbocycles. The van der Waals surface area contributed by atoms with Crippen LogP contribution in [-0.4, -0.2) is 37.8 Å². The number of carbonyl (C=O) groups excluding carboxylic acids is 2. The smallest absolute Gasteiger partial charge is 0.395 e. The molecule has 1 amide bonds. The Morgan fingerprint density at radius 3 is 2.38 bits per heavy atom. The molecular weight excluding hydrogens is 526 g/mol. The van der Waals surface area contributed by atoms with E-state index in [1.165, 1.54) is 31.3 Å². The molecule has 194 valence electrons. The zero-order valence-electron chi connectivity index (χ0n) is 19.6. The van der Waals surface area contributed by atoms with Gasteiger partial charge in [0.15, 0.2) is 11.5 Å². The van der Waals surface area contributed by atoms with Crippen molar-refractivity contribution < 1.29 is 36.3 Å². The molecule has 2 heterocycles. The number of halogens is 2. The van der Waals surface area contributed by atoms with E-state index in [2.05, 4.69) is 9.47 Å². The molecule has 8 nitrogen and oxygen atoms in total. The topological polar surface area (TPSA) is 116 Å². The van der Waals surface area contributed by atoms with Crippen molar-refractivity contribution in [2.75, 3.05) is 7.05 Å². The second-order valence-corrected chi connectivity index (χ2v) is 12.4. The minimum atomic E-state index is -3.97. The average molecular weight is 549 g/mol. The maximum absolute atomic E-state index is 13.4. The molecule has 0 spiro atoms. The van der Waals surface area contributed by atoms with Gasteiger partial charge in [-0.15, -0.1) is 20.1 Å². The van der Waals surface area contributed by atoms with Crippen molar-refractivity contribution in [2.45, 2.75) is 41.7 Å². The first-order valence-corrected chi connectivity index (χ1v) is 13.5. The van der Waals surface area contributed by atoms with Crippen LogP contribution in [0.15, 0.2) is 58.8 Å². The van der Waals surface area contributed by atoms with Gasteiger partial charge >= 0.3 is 6.29 Å². The van der Waals surface area contributed by atoms with Crippen LogP contribution in [0, 0.1) is 0 Å².